The second-order valence-electron chi connectivity index (χ2n) is 5.54. The smallest absolute Gasteiger partial charge is 0.0460 e. The maximum Gasteiger partial charge on any atom is 0.0460 e. The van der Waals surface area contributed by atoms with Crippen LogP contribution >= 0.6 is 0 Å². The summed E-state index contributed by atoms with van der Waals surface area (Å²) in [5.74, 6) is 6.65. The van der Waals surface area contributed by atoms with Crippen LogP contribution in [0.4, 0.5) is 0 Å². The molecule has 100 valence electrons. The zero-order valence-corrected chi connectivity index (χ0v) is 11.5. The molecule has 18 heavy (non-hydrogen) atoms. The summed E-state index contributed by atoms with van der Waals surface area (Å²) in [7, 11) is 0. The third-order valence-electron chi connectivity index (χ3n) is 4.33. The lowest BCUT2D eigenvalue weighted by Gasteiger charge is -2.18. The average molecular weight is 246 g/mol. The first kappa shape index (κ1) is 13.6. The topological polar surface area (TPSA) is 38.0 Å². The van der Waals surface area contributed by atoms with Crippen LogP contribution < -0.4 is 11.3 Å². The Bertz CT molecular complexity index is 339. The van der Waals surface area contributed by atoms with E-state index in [-0.39, 0.29) is 0 Å². The van der Waals surface area contributed by atoms with E-state index in [2.05, 4.69) is 36.6 Å². The molecule has 0 heterocycles. The lowest BCUT2D eigenvalue weighted by molar-refractivity contribution is 0.416. The molecule has 0 amide bonds. The maximum absolute atomic E-state index is 5.71. The van der Waals surface area contributed by atoms with Crippen molar-refractivity contribution in [2.75, 3.05) is 0 Å². The predicted molar refractivity (Wildman–Crippen MR) is 77.1 cm³/mol. The summed E-state index contributed by atoms with van der Waals surface area (Å²) in [6.45, 7) is 2.19. The molecule has 0 aromatic heterocycles. The number of rotatable bonds is 6. The van der Waals surface area contributed by atoms with E-state index in [1.54, 1.807) is 0 Å². The molecule has 2 rings (SSSR count). The minimum Gasteiger partial charge on any atom is -0.271 e. The first-order valence-electron chi connectivity index (χ1n) is 7.38. The van der Waals surface area contributed by atoms with E-state index in [1.165, 1.54) is 43.2 Å². The first-order chi connectivity index (χ1) is 8.83. The normalized spacial score (nSPS) is 18.1. The highest BCUT2D eigenvalue weighted by Gasteiger charge is 2.17. The second kappa shape index (κ2) is 6.91. The highest BCUT2D eigenvalue weighted by molar-refractivity contribution is 5.24. The highest BCUT2D eigenvalue weighted by Crippen LogP contribution is 2.31. The van der Waals surface area contributed by atoms with Gasteiger partial charge in [-0.3, -0.25) is 11.3 Å². The molecule has 0 spiro atoms. The molecule has 1 unspecified atom stereocenters. The van der Waals surface area contributed by atoms with Crippen LogP contribution in [-0.4, -0.2) is 0 Å². The molecule has 1 saturated carbocycles. The van der Waals surface area contributed by atoms with Gasteiger partial charge in [0.2, 0.25) is 0 Å². The molecule has 0 saturated heterocycles. The molecule has 0 radical (unpaired) electrons. The number of aryl methyl sites for hydroxylation is 1. The quantitative estimate of drug-likeness (QED) is 0.593. The number of hydrazine groups is 1. The van der Waals surface area contributed by atoms with Crippen molar-refractivity contribution >= 4 is 0 Å². The summed E-state index contributed by atoms with van der Waals surface area (Å²) in [6.07, 6.45) is 9.27. The minimum atomic E-state index is 0.316. The van der Waals surface area contributed by atoms with Crippen LogP contribution in [0.15, 0.2) is 24.3 Å². The fourth-order valence-corrected chi connectivity index (χ4v) is 3.03. The monoisotopic (exact) mass is 246 g/mol. The number of hydrogen-bond acceptors (Lipinski definition) is 2. The number of nitrogens with two attached hydrogens (primary N) is 1. The Kier molecular flexibility index (Phi) is 5.21. The Labute approximate surface area is 111 Å². The number of hydrogen-bond donors (Lipinski definition) is 2. The predicted octanol–water partition coefficient (Wildman–Crippen LogP) is 3.72. The van der Waals surface area contributed by atoms with Gasteiger partial charge in [0.05, 0.1) is 0 Å². The molecule has 0 bridgehead atoms. The summed E-state index contributed by atoms with van der Waals surface area (Å²) in [5, 5.41) is 0. The maximum atomic E-state index is 5.71. The van der Waals surface area contributed by atoms with E-state index in [0.29, 0.717) is 6.04 Å². The Morgan fingerprint density at radius 1 is 1.22 bits per heavy atom. The molecule has 2 nitrogen and oxygen atoms in total. The minimum absolute atomic E-state index is 0.316. The zero-order valence-electron chi connectivity index (χ0n) is 11.5. The summed E-state index contributed by atoms with van der Waals surface area (Å²) < 4.78 is 0. The standard InChI is InChI=1S/C16H26N2/c1-2-13-7-10-15(11-8-13)16(18-17)12-9-14-5-3-4-6-14/h7-8,10-11,14,16,18H,2-6,9,12,17H2,1H3. The molecule has 3 N–H and O–H groups in total. The first-order valence-corrected chi connectivity index (χ1v) is 7.38. The molecule has 1 aromatic carbocycles. The van der Waals surface area contributed by atoms with Crippen LogP contribution in [0.3, 0.4) is 0 Å². The Hall–Kier alpha value is -0.860. The molecule has 1 atom stereocenters. The molecule has 2 heteroatoms. The van der Waals surface area contributed by atoms with E-state index >= 15 is 0 Å². The van der Waals surface area contributed by atoms with Crippen molar-refractivity contribution in [3.8, 4) is 0 Å². The summed E-state index contributed by atoms with van der Waals surface area (Å²) in [4.78, 5) is 0. The molecule has 0 aliphatic heterocycles. The van der Waals surface area contributed by atoms with Crippen LogP contribution in [0.2, 0.25) is 0 Å². The third kappa shape index (κ3) is 3.56. The van der Waals surface area contributed by atoms with Crippen molar-refractivity contribution in [1.82, 2.24) is 5.43 Å². The van der Waals surface area contributed by atoms with Crippen LogP contribution in [0.25, 0.3) is 0 Å². The van der Waals surface area contributed by atoms with Gasteiger partial charge in [-0.25, -0.2) is 0 Å². The van der Waals surface area contributed by atoms with Crippen LogP contribution in [-0.2, 0) is 6.42 Å². The van der Waals surface area contributed by atoms with Gasteiger partial charge in [-0.05, 0) is 36.3 Å². The molecular formula is C16H26N2. The van der Waals surface area contributed by atoms with Crippen LogP contribution in [0.1, 0.15) is 62.6 Å². The molecule has 1 aliphatic carbocycles. The zero-order chi connectivity index (χ0) is 12.8. The van der Waals surface area contributed by atoms with Crippen molar-refractivity contribution < 1.29 is 0 Å². The van der Waals surface area contributed by atoms with Gasteiger partial charge >= 0.3 is 0 Å². The van der Waals surface area contributed by atoms with Crippen molar-refractivity contribution in [2.24, 2.45) is 11.8 Å². The van der Waals surface area contributed by atoms with Crippen molar-refractivity contribution in [3.63, 3.8) is 0 Å². The fourth-order valence-electron chi connectivity index (χ4n) is 3.03. The summed E-state index contributed by atoms with van der Waals surface area (Å²) >= 11 is 0. The lowest BCUT2D eigenvalue weighted by atomic mass is 9.94. The molecular weight excluding hydrogens is 220 g/mol. The SMILES string of the molecule is CCc1ccc(C(CCC2CCCC2)NN)cc1. The summed E-state index contributed by atoms with van der Waals surface area (Å²) in [5.41, 5.74) is 5.70. The summed E-state index contributed by atoms with van der Waals surface area (Å²) in [6, 6.07) is 9.19. The van der Waals surface area contributed by atoms with E-state index < -0.39 is 0 Å². The van der Waals surface area contributed by atoms with Crippen LogP contribution in [0, 0.1) is 5.92 Å². The number of benzene rings is 1. The lowest BCUT2D eigenvalue weighted by Crippen LogP contribution is -2.28. The van der Waals surface area contributed by atoms with Crippen LogP contribution in [0.5, 0.6) is 0 Å². The highest BCUT2D eigenvalue weighted by atomic mass is 15.2. The molecule has 1 fully saturated rings. The molecule has 1 aliphatic rings. The van der Waals surface area contributed by atoms with Gasteiger partial charge in [0, 0.05) is 6.04 Å². The largest absolute Gasteiger partial charge is 0.271 e. The van der Waals surface area contributed by atoms with Crippen molar-refractivity contribution in [3.05, 3.63) is 35.4 Å². The van der Waals surface area contributed by atoms with Gasteiger partial charge in [-0.15, -0.1) is 0 Å². The Balaban J connectivity index is 1.89. The fraction of sp³-hybridized carbons (Fsp3) is 0.625. The van der Waals surface area contributed by atoms with E-state index in [0.717, 1.165) is 18.8 Å². The van der Waals surface area contributed by atoms with Gasteiger partial charge in [0.1, 0.15) is 0 Å². The Morgan fingerprint density at radius 2 is 1.89 bits per heavy atom. The van der Waals surface area contributed by atoms with Gasteiger partial charge in [0.25, 0.3) is 0 Å². The van der Waals surface area contributed by atoms with Crippen molar-refractivity contribution in [2.45, 2.75) is 57.9 Å². The molecule has 1 aromatic rings. The average Bonchev–Trinajstić information content (AvgIpc) is 2.93. The van der Waals surface area contributed by atoms with Gasteiger partial charge < -0.3 is 0 Å². The van der Waals surface area contributed by atoms with E-state index in [1.807, 2.05) is 0 Å². The van der Waals surface area contributed by atoms with E-state index in [4.69, 9.17) is 5.84 Å². The van der Waals surface area contributed by atoms with Gasteiger partial charge in [0.15, 0.2) is 0 Å². The van der Waals surface area contributed by atoms with Crippen molar-refractivity contribution in [1.29, 1.82) is 0 Å². The van der Waals surface area contributed by atoms with E-state index in [9.17, 15) is 0 Å². The number of nitrogens with one attached hydrogen (secondary N) is 1. The van der Waals surface area contributed by atoms with Gasteiger partial charge in [-0.1, -0.05) is 56.9 Å². The second-order valence-corrected chi connectivity index (χ2v) is 5.54. The Morgan fingerprint density at radius 3 is 2.44 bits per heavy atom. The van der Waals surface area contributed by atoms with Gasteiger partial charge in [-0.2, -0.15) is 0 Å². The third-order valence-corrected chi connectivity index (χ3v) is 4.33.